The number of hydrogen-bond donors (Lipinski definition) is 3. The third-order valence-electron chi connectivity index (χ3n) is 4.70. The second-order valence-electron chi connectivity index (χ2n) is 7.60. The van der Waals surface area contributed by atoms with Gasteiger partial charge in [-0.1, -0.05) is 18.7 Å². The van der Waals surface area contributed by atoms with E-state index in [0.717, 1.165) is 30.7 Å². The van der Waals surface area contributed by atoms with Gasteiger partial charge >= 0.3 is 0 Å². The van der Waals surface area contributed by atoms with E-state index in [2.05, 4.69) is 22.5 Å². The molecule has 0 bridgehead atoms. The number of hydrogen-bond acceptors (Lipinski definition) is 5. The molecule has 0 saturated carbocycles. The summed E-state index contributed by atoms with van der Waals surface area (Å²) in [6, 6.07) is 14.3. The lowest BCUT2D eigenvalue weighted by Gasteiger charge is -2.12. The lowest BCUT2D eigenvalue weighted by atomic mass is 10.1. The van der Waals surface area contributed by atoms with Gasteiger partial charge < -0.3 is 25.4 Å². The molecule has 0 spiro atoms. The molecule has 1 heterocycles. The van der Waals surface area contributed by atoms with Crippen molar-refractivity contribution in [3.63, 3.8) is 0 Å². The van der Waals surface area contributed by atoms with E-state index in [0.29, 0.717) is 30.2 Å². The fourth-order valence-corrected chi connectivity index (χ4v) is 3.14. The van der Waals surface area contributed by atoms with Gasteiger partial charge in [-0.2, -0.15) is 0 Å². The van der Waals surface area contributed by atoms with E-state index in [4.69, 9.17) is 9.47 Å². The van der Waals surface area contributed by atoms with Gasteiger partial charge in [-0.05, 0) is 55.7 Å². The molecule has 0 aliphatic carbocycles. The largest absolute Gasteiger partial charge is 0.489 e. The number of nitrogens with one attached hydrogen (secondary N) is 3. The van der Waals surface area contributed by atoms with Crippen LogP contribution in [0, 0.1) is 0 Å². The van der Waals surface area contributed by atoms with Crippen LogP contribution >= 0.6 is 0 Å². The minimum absolute atomic E-state index is 0.0827. The van der Waals surface area contributed by atoms with Crippen LogP contribution in [-0.4, -0.2) is 44.2 Å². The monoisotopic (exact) mass is 423 g/mol. The fraction of sp³-hybridized carbons (Fsp3) is 0.333. The minimum Gasteiger partial charge on any atom is -0.489 e. The summed E-state index contributed by atoms with van der Waals surface area (Å²) in [4.78, 5) is 24.7. The number of carbonyl (C=O) groups excluding carboxylic acids is 2. The highest BCUT2D eigenvalue weighted by molar-refractivity contribution is 5.98. The average Bonchev–Trinajstić information content (AvgIpc) is 3.29. The van der Waals surface area contributed by atoms with Gasteiger partial charge in [0.1, 0.15) is 12.4 Å². The van der Waals surface area contributed by atoms with Crippen molar-refractivity contribution in [2.45, 2.75) is 25.9 Å². The topological polar surface area (TPSA) is 88.7 Å². The summed E-state index contributed by atoms with van der Waals surface area (Å²) in [7, 11) is 0. The van der Waals surface area contributed by atoms with Crippen LogP contribution in [0.2, 0.25) is 0 Å². The normalized spacial score (nSPS) is 15.2. The predicted molar refractivity (Wildman–Crippen MR) is 122 cm³/mol. The molecule has 0 aromatic heterocycles. The van der Waals surface area contributed by atoms with Gasteiger partial charge in [0.05, 0.1) is 12.6 Å². The number of ether oxygens (including phenoxy) is 2. The average molecular weight is 424 g/mol. The van der Waals surface area contributed by atoms with E-state index in [-0.39, 0.29) is 24.5 Å². The summed E-state index contributed by atoms with van der Waals surface area (Å²) in [6.07, 6.45) is 2.08. The van der Waals surface area contributed by atoms with Crippen LogP contribution in [0.25, 0.3) is 0 Å². The molecule has 1 aliphatic rings. The molecule has 3 rings (SSSR count). The molecule has 164 valence electrons. The first-order chi connectivity index (χ1) is 15.0. The summed E-state index contributed by atoms with van der Waals surface area (Å²) in [5, 5.41) is 8.77. The molecule has 1 unspecified atom stereocenters. The maximum Gasteiger partial charge on any atom is 0.251 e. The van der Waals surface area contributed by atoms with Crippen molar-refractivity contribution in [3.05, 3.63) is 66.2 Å². The molecule has 1 atom stereocenters. The van der Waals surface area contributed by atoms with Gasteiger partial charge in [0, 0.05) is 36.2 Å². The maximum atomic E-state index is 12.4. The van der Waals surface area contributed by atoms with Gasteiger partial charge in [0.15, 0.2) is 0 Å². The molecule has 7 nitrogen and oxygen atoms in total. The number of carbonyl (C=O) groups is 2. The van der Waals surface area contributed by atoms with Gasteiger partial charge in [0.25, 0.3) is 5.91 Å². The summed E-state index contributed by atoms with van der Waals surface area (Å²) in [5.74, 6) is 0.302. The summed E-state index contributed by atoms with van der Waals surface area (Å²) < 4.78 is 11.1. The molecule has 0 radical (unpaired) electrons. The first kappa shape index (κ1) is 22.4. The highest BCUT2D eigenvalue weighted by Gasteiger charge is 2.17. The Morgan fingerprint density at radius 2 is 1.97 bits per heavy atom. The fourth-order valence-electron chi connectivity index (χ4n) is 3.14. The molecule has 3 N–H and O–H groups in total. The maximum absolute atomic E-state index is 12.4. The SMILES string of the molecule is C=C(C)COc1cccc(NCC(=O)Nc2cccc(C(=O)NCC3CCCO3)c2)c1. The number of rotatable bonds is 10. The third-order valence-corrected chi connectivity index (χ3v) is 4.70. The molecule has 2 aromatic rings. The lowest BCUT2D eigenvalue weighted by molar-refractivity contribution is -0.114. The predicted octanol–water partition coefficient (Wildman–Crippen LogP) is 3.60. The van der Waals surface area contributed by atoms with Crippen LogP contribution < -0.4 is 20.7 Å². The summed E-state index contributed by atoms with van der Waals surface area (Å²) >= 11 is 0. The molecular formula is C24H29N3O4. The van der Waals surface area contributed by atoms with Crippen LogP contribution in [0.3, 0.4) is 0 Å². The van der Waals surface area contributed by atoms with Crippen LogP contribution in [0.15, 0.2) is 60.7 Å². The third kappa shape index (κ3) is 7.46. The Labute approximate surface area is 182 Å². The van der Waals surface area contributed by atoms with Crippen LogP contribution in [0.1, 0.15) is 30.1 Å². The minimum atomic E-state index is -0.217. The van der Waals surface area contributed by atoms with Crippen molar-refractivity contribution in [2.24, 2.45) is 0 Å². The number of amides is 2. The van der Waals surface area contributed by atoms with Crippen LogP contribution in [0.4, 0.5) is 11.4 Å². The highest BCUT2D eigenvalue weighted by Crippen LogP contribution is 2.18. The molecular weight excluding hydrogens is 394 g/mol. The smallest absolute Gasteiger partial charge is 0.251 e. The van der Waals surface area contributed by atoms with E-state index in [1.165, 1.54) is 0 Å². The summed E-state index contributed by atoms with van der Waals surface area (Å²) in [6.45, 7) is 7.49. The molecule has 1 saturated heterocycles. The van der Waals surface area contributed by atoms with E-state index >= 15 is 0 Å². The van der Waals surface area contributed by atoms with Crippen molar-refractivity contribution in [2.75, 3.05) is 36.9 Å². The first-order valence-corrected chi connectivity index (χ1v) is 10.4. The molecule has 31 heavy (non-hydrogen) atoms. The zero-order valence-electron chi connectivity index (χ0n) is 17.8. The number of anilines is 2. The van der Waals surface area contributed by atoms with Crippen LogP contribution in [0.5, 0.6) is 5.75 Å². The zero-order valence-corrected chi connectivity index (χ0v) is 17.8. The molecule has 2 aromatic carbocycles. The summed E-state index contributed by atoms with van der Waals surface area (Å²) in [5.41, 5.74) is 2.76. The Hall–Kier alpha value is -3.32. The second-order valence-corrected chi connectivity index (χ2v) is 7.60. The molecule has 1 aliphatic heterocycles. The Kier molecular flexibility index (Phi) is 8.06. The molecule has 2 amide bonds. The lowest BCUT2D eigenvalue weighted by Crippen LogP contribution is -2.31. The Morgan fingerprint density at radius 3 is 2.74 bits per heavy atom. The second kappa shape index (κ2) is 11.2. The highest BCUT2D eigenvalue weighted by atomic mass is 16.5. The Balaban J connectivity index is 1.48. The van der Waals surface area contributed by atoms with Crippen molar-refractivity contribution in [1.82, 2.24) is 5.32 Å². The quantitative estimate of drug-likeness (QED) is 0.508. The van der Waals surface area contributed by atoms with Gasteiger partial charge in [-0.25, -0.2) is 0 Å². The van der Waals surface area contributed by atoms with Crippen molar-refractivity contribution in [3.8, 4) is 5.75 Å². The van der Waals surface area contributed by atoms with Crippen molar-refractivity contribution in [1.29, 1.82) is 0 Å². The molecule has 1 fully saturated rings. The van der Waals surface area contributed by atoms with E-state index in [1.807, 2.05) is 31.2 Å². The van der Waals surface area contributed by atoms with E-state index < -0.39 is 0 Å². The molecule has 7 heteroatoms. The van der Waals surface area contributed by atoms with Gasteiger partial charge in [-0.15, -0.1) is 0 Å². The van der Waals surface area contributed by atoms with E-state index in [1.54, 1.807) is 24.3 Å². The van der Waals surface area contributed by atoms with Crippen LogP contribution in [-0.2, 0) is 9.53 Å². The van der Waals surface area contributed by atoms with E-state index in [9.17, 15) is 9.59 Å². The van der Waals surface area contributed by atoms with Crippen molar-refractivity contribution < 1.29 is 19.1 Å². The zero-order chi connectivity index (χ0) is 22.1. The van der Waals surface area contributed by atoms with Gasteiger partial charge in [0.2, 0.25) is 5.91 Å². The number of benzene rings is 2. The van der Waals surface area contributed by atoms with Gasteiger partial charge in [-0.3, -0.25) is 9.59 Å². The Bertz CT molecular complexity index is 923. The standard InChI is InChI=1S/C24H29N3O4/c1-17(2)16-31-21-9-4-7-19(13-21)25-15-23(28)27-20-8-3-6-18(12-20)24(29)26-14-22-10-5-11-30-22/h3-4,6-9,12-13,22,25H,1,5,10-11,14-16H2,2H3,(H,26,29)(H,27,28). The van der Waals surface area contributed by atoms with Crippen molar-refractivity contribution >= 4 is 23.2 Å². The first-order valence-electron chi connectivity index (χ1n) is 10.4. The Morgan fingerprint density at radius 1 is 1.16 bits per heavy atom.